The molecule has 0 saturated heterocycles. The highest BCUT2D eigenvalue weighted by atomic mass is 127. The van der Waals surface area contributed by atoms with Crippen LogP contribution in [0.25, 0.3) is 11.3 Å². The second-order valence-electron chi connectivity index (χ2n) is 3.06. The number of thiazole rings is 1. The van der Waals surface area contributed by atoms with Gasteiger partial charge in [-0.15, -0.1) is 0 Å². The smallest absolute Gasteiger partial charge is 0.273 e. The van der Waals surface area contributed by atoms with Crippen molar-refractivity contribution in [2.45, 2.75) is 6.92 Å². The molecule has 16 heavy (non-hydrogen) atoms. The van der Waals surface area contributed by atoms with E-state index >= 15 is 0 Å². The van der Waals surface area contributed by atoms with Gasteiger partial charge >= 0.3 is 0 Å². The number of ether oxygens (including phenoxy) is 1. The molecule has 84 valence electrons. The molecule has 0 aliphatic carbocycles. The summed E-state index contributed by atoms with van der Waals surface area (Å²) in [6, 6.07) is 4.68. The Hall–Kier alpha value is -0.690. The number of benzene rings is 1. The summed E-state index contributed by atoms with van der Waals surface area (Å²) < 4.78 is 19.4. The van der Waals surface area contributed by atoms with Gasteiger partial charge in [0.05, 0.1) is 12.3 Å². The maximum absolute atomic E-state index is 13.1. The van der Waals surface area contributed by atoms with Gasteiger partial charge in [-0.3, -0.25) is 0 Å². The van der Waals surface area contributed by atoms with Crippen molar-refractivity contribution in [1.82, 2.24) is 4.98 Å². The number of aromatic nitrogens is 1. The molecule has 2 aromatic rings. The van der Waals surface area contributed by atoms with E-state index < -0.39 is 0 Å². The molecule has 5 heteroatoms. The third kappa shape index (κ3) is 2.52. The maximum atomic E-state index is 13.1. The van der Waals surface area contributed by atoms with Crippen molar-refractivity contribution < 1.29 is 9.13 Å². The van der Waals surface area contributed by atoms with Crippen LogP contribution in [0.15, 0.2) is 23.6 Å². The zero-order valence-electron chi connectivity index (χ0n) is 8.54. The van der Waals surface area contributed by atoms with Crippen molar-refractivity contribution in [1.29, 1.82) is 0 Å². The van der Waals surface area contributed by atoms with Crippen LogP contribution in [-0.4, -0.2) is 11.6 Å². The summed E-state index contributed by atoms with van der Waals surface area (Å²) in [7, 11) is 0. The summed E-state index contributed by atoms with van der Waals surface area (Å²) in [5, 5.41) is 2.50. The fraction of sp³-hybridized carbons (Fsp3) is 0.182. The zero-order chi connectivity index (χ0) is 11.5. The van der Waals surface area contributed by atoms with Gasteiger partial charge < -0.3 is 4.74 Å². The third-order valence-corrected chi connectivity index (χ3v) is 3.65. The van der Waals surface area contributed by atoms with Crippen molar-refractivity contribution in [3.63, 3.8) is 0 Å². The van der Waals surface area contributed by atoms with Gasteiger partial charge in [0.1, 0.15) is 5.82 Å². The van der Waals surface area contributed by atoms with Crippen molar-refractivity contribution in [3.8, 4) is 16.5 Å². The van der Waals surface area contributed by atoms with E-state index in [1.807, 2.05) is 12.3 Å². The van der Waals surface area contributed by atoms with Gasteiger partial charge in [0.25, 0.3) is 5.19 Å². The first-order valence-corrected chi connectivity index (χ1v) is 6.70. The van der Waals surface area contributed by atoms with Crippen LogP contribution < -0.4 is 4.74 Å². The largest absolute Gasteiger partial charge is 0.470 e. The summed E-state index contributed by atoms with van der Waals surface area (Å²) in [6.45, 7) is 2.50. The quantitative estimate of drug-likeness (QED) is 0.783. The summed E-state index contributed by atoms with van der Waals surface area (Å²) >= 11 is 3.59. The normalized spacial score (nSPS) is 10.4. The molecule has 0 radical (unpaired) electrons. The highest BCUT2D eigenvalue weighted by Gasteiger charge is 2.09. The predicted molar refractivity (Wildman–Crippen MR) is 71.4 cm³/mol. The van der Waals surface area contributed by atoms with E-state index in [9.17, 15) is 4.39 Å². The Morgan fingerprint density at radius 1 is 1.50 bits per heavy atom. The molecule has 0 unspecified atom stereocenters. The highest BCUT2D eigenvalue weighted by Crippen LogP contribution is 2.30. The van der Waals surface area contributed by atoms with Gasteiger partial charge in [0, 0.05) is 14.5 Å². The number of halogens is 2. The van der Waals surface area contributed by atoms with E-state index in [0.29, 0.717) is 11.8 Å². The molecule has 0 bridgehead atoms. The first-order valence-electron chi connectivity index (χ1n) is 4.74. The van der Waals surface area contributed by atoms with Crippen LogP contribution in [0.5, 0.6) is 5.19 Å². The van der Waals surface area contributed by atoms with Gasteiger partial charge in [0.15, 0.2) is 0 Å². The Morgan fingerprint density at radius 3 is 3.06 bits per heavy atom. The summed E-state index contributed by atoms with van der Waals surface area (Å²) in [5.74, 6) is -0.249. The topological polar surface area (TPSA) is 22.1 Å². The molecule has 0 saturated carbocycles. The Morgan fingerprint density at radius 2 is 2.31 bits per heavy atom. The Bertz CT molecular complexity index is 500. The maximum Gasteiger partial charge on any atom is 0.273 e. The molecular weight excluding hydrogens is 340 g/mol. The van der Waals surface area contributed by atoms with E-state index in [0.717, 1.165) is 14.8 Å². The SMILES string of the molecule is CCOc1nc(-c2cc(F)ccc2I)cs1. The van der Waals surface area contributed by atoms with E-state index in [2.05, 4.69) is 27.6 Å². The van der Waals surface area contributed by atoms with Gasteiger partial charge in [-0.25, -0.2) is 9.37 Å². The molecule has 0 atom stereocenters. The van der Waals surface area contributed by atoms with Gasteiger partial charge in [-0.1, -0.05) is 11.3 Å². The van der Waals surface area contributed by atoms with E-state index in [4.69, 9.17) is 4.74 Å². The Balaban J connectivity index is 2.38. The molecule has 1 heterocycles. The Kier molecular flexibility index (Phi) is 3.75. The molecule has 0 amide bonds. The van der Waals surface area contributed by atoms with E-state index in [-0.39, 0.29) is 5.82 Å². The summed E-state index contributed by atoms with van der Waals surface area (Å²) in [4.78, 5) is 4.30. The molecule has 2 rings (SSSR count). The molecule has 0 N–H and O–H groups in total. The predicted octanol–water partition coefficient (Wildman–Crippen LogP) is 3.95. The van der Waals surface area contributed by atoms with Crippen LogP contribution in [0.2, 0.25) is 0 Å². The van der Waals surface area contributed by atoms with Crippen LogP contribution in [0, 0.1) is 9.39 Å². The average Bonchev–Trinajstić information content (AvgIpc) is 2.71. The molecular formula is C11H9FINOS. The van der Waals surface area contributed by atoms with Gasteiger partial charge in [0.2, 0.25) is 0 Å². The fourth-order valence-corrected chi connectivity index (χ4v) is 2.61. The molecule has 1 aromatic carbocycles. The van der Waals surface area contributed by atoms with Crippen LogP contribution in [0.1, 0.15) is 6.92 Å². The first kappa shape index (κ1) is 11.8. The molecule has 1 aromatic heterocycles. The molecule has 0 aliphatic heterocycles. The minimum absolute atomic E-state index is 0.249. The minimum Gasteiger partial charge on any atom is -0.470 e. The van der Waals surface area contributed by atoms with Crippen molar-refractivity contribution in [3.05, 3.63) is 33.0 Å². The monoisotopic (exact) mass is 349 g/mol. The molecule has 0 aliphatic rings. The Labute approximate surface area is 111 Å². The van der Waals surface area contributed by atoms with Crippen molar-refractivity contribution >= 4 is 33.9 Å². The third-order valence-electron chi connectivity index (χ3n) is 1.96. The van der Waals surface area contributed by atoms with E-state index in [1.165, 1.54) is 23.5 Å². The number of rotatable bonds is 3. The first-order chi connectivity index (χ1) is 7.70. The average molecular weight is 349 g/mol. The van der Waals surface area contributed by atoms with Crippen molar-refractivity contribution in [2.24, 2.45) is 0 Å². The fourth-order valence-electron chi connectivity index (χ4n) is 1.26. The van der Waals surface area contributed by atoms with Crippen LogP contribution in [0.4, 0.5) is 4.39 Å². The summed E-state index contributed by atoms with van der Waals surface area (Å²) in [5.41, 5.74) is 1.57. The van der Waals surface area contributed by atoms with Gasteiger partial charge in [-0.2, -0.15) is 0 Å². The van der Waals surface area contributed by atoms with Crippen LogP contribution in [-0.2, 0) is 0 Å². The lowest BCUT2D eigenvalue weighted by atomic mass is 10.2. The molecule has 2 nitrogen and oxygen atoms in total. The van der Waals surface area contributed by atoms with Crippen LogP contribution in [0.3, 0.4) is 0 Å². The number of hydrogen-bond acceptors (Lipinski definition) is 3. The van der Waals surface area contributed by atoms with Crippen molar-refractivity contribution in [2.75, 3.05) is 6.61 Å². The standard InChI is InChI=1S/C11H9FINOS/c1-2-15-11-14-10(6-16-11)8-5-7(12)3-4-9(8)13/h3-6H,2H2,1H3. The second-order valence-corrected chi connectivity index (χ2v) is 5.04. The van der Waals surface area contributed by atoms with E-state index in [1.54, 1.807) is 6.07 Å². The minimum atomic E-state index is -0.249. The molecule has 0 fully saturated rings. The molecule has 0 spiro atoms. The summed E-state index contributed by atoms with van der Waals surface area (Å²) in [6.07, 6.45) is 0. The zero-order valence-corrected chi connectivity index (χ0v) is 11.5. The van der Waals surface area contributed by atoms with Gasteiger partial charge in [-0.05, 0) is 47.7 Å². The highest BCUT2D eigenvalue weighted by molar-refractivity contribution is 14.1. The lowest BCUT2D eigenvalue weighted by molar-refractivity contribution is 0.338. The lowest BCUT2D eigenvalue weighted by Crippen LogP contribution is -1.90. The second kappa shape index (κ2) is 5.09. The lowest BCUT2D eigenvalue weighted by Gasteiger charge is -2.00. The number of nitrogens with zero attached hydrogens (tertiary/aromatic N) is 1. The number of hydrogen-bond donors (Lipinski definition) is 0. The van der Waals surface area contributed by atoms with Crippen LogP contribution >= 0.6 is 33.9 Å².